The van der Waals surface area contributed by atoms with Crippen molar-refractivity contribution < 1.29 is 9.59 Å². The van der Waals surface area contributed by atoms with Crippen molar-refractivity contribution in [1.29, 1.82) is 0 Å². The summed E-state index contributed by atoms with van der Waals surface area (Å²) in [6.07, 6.45) is 0.617. The minimum absolute atomic E-state index is 0.164. The van der Waals surface area contributed by atoms with E-state index in [2.05, 4.69) is 0 Å². The molecule has 2 atom stereocenters. The molecular weight excluding hydrogens is 242 g/mol. The molecule has 0 aliphatic carbocycles. The number of nitrogens with zero attached hydrogens (tertiary/aromatic N) is 1. The van der Waals surface area contributed by atoms with E-state index in [1.807, 2.05) is 30.3 Å². The molecule has 0 aromatic heterocycles. The van der Waals surface area contributed by atoms with Crippen LogP contribution in [0.25, 0.3) is 0 Å². The Kier molecular flexibility index (Phi) is 3.57. The van der Waals surface area contributed by atoms with Crippen LogP contribution in [-0.2, 0) is 15.1 Å². The maximum Gasteiger partial charge on any atom is 0.246 e. The second-order valence-electron chi connectivity index (χ2n) is 5.21. The van der Waals surface area contributed by atoms with Gasteiger partial charge in [-0.25, -0.2) is 0 Å². The number of likely N-dealkylation sites (tertiary alicyclic amines) is 1. The molecule has 0 saturated carbocycles. The van der Waals surface area contributed by atoms with Gasteiger partial charge in [-0.3, -0.25) is 9.59 Å². The van der Waals surface area contributed by atoms with Gasteiger partial charge in [0.15, 0.2) is 0 Å². The Morgan fingerprint density at radius 3 is 2.47 bits per heavy atom. The predicted molar refractivity (Wildman–Crippen MR) is 71.9 cm³/mol. The molecule has 1 aliphatic rings. The molecule has 1 saturated heterocycles. The highest BCUT2D eigenvalue weighted by Crippen LogP contribution is 2.24. The van der Waals surface area contributed by atoms with Crippen LogP contribution >= 0.6 is 0 Å². The third-order valence-electron chi connectivity index (χ3n) is 3.70. The van der Waals surface area contributed by atoms with Gasteiger partial charge in [-0.15, -0.1) is 0 Å². The van der Waals surface area contributed by atoms with Crippen molar-refractivity contribution >= 4 is 11.8 Å². The molecule has 2 rings (SSSR count). The van der Waals surface area contributed by atoms with Crippen molar-refractivity contribution in [3.8, 4) is 0 Å². The van der Waals surface area contributed by atoms with Crippen molar-refractivity contribution in [3.05, 3.63) is 35.9 Å². The number of primary amides is 1. The summed E-state index contributed by atoms with van der Waals surface area (Å²) in [7, 11) is 0. The third-order valence-corrected chi connectivity index (χ3v) is 3.70. The molecule has 19 heavy (non-hydrogen) atoms. The lowest BCUT2D eigenvalue weighted by molar-refractivity contribution is -0.136. The van der Waals surface area contributed by atoms with Gasteiger partial charge in [0, 0.05) is 13.1 Å². The summed E-state index contributed by atoms with van der Waals surface area (Å²) >= 11 is 0. The van der Waals surface area contributed by atoms with Crippen LogP contribution in [0.15, 0.2) is 30.3 Å². The van der Waals surface area contributed by atoms with Crippen LogP contribution in [0.2, 0.25) is 0 Å². The van der Waals surface area contributed by atoms with Gasteiger partial charge >= 0.3 is 0 Å². The minimum atomic E-state index is -1.08. The van der Waals surface area contributed by atoms with Gasteiger partial charge in [-0.2, -0.15) is 0 Å². The predicted octanol–water partition coefficient (Wildman–Crippen LogP) is 0.194. The van der Waals surface area contributed by atoms with Gasteiger partial charge in [0.2, 0.25) is 11.8 Å². The molecule has 0 bridgehead atoms. The minimum Gasteiger partial charge on any atom is -0.369 e. The molecule has 1 aromatic rings. The Bertz CT molecular complexity index is 485. The zero-order valence-corrected chi connectivity index (χ0v) is 11.0. The van der Waals surface area contributed by atoms with E-state index < -0.39 is 5.54 Å². The van der Waals surface area contributed by atoms with Crippen molar-refractivity contribution in [2.75, 3.05) is 13.1 Å². The average molecular weight is 261 g/mol. The van der Waals surface area contributed by atoms with Crippen LogP contribution in [0, 0.1) is 5.92 Å². The van der Waals surface area contributed by atoms with E-state index in [9.17, 15) is 9.59 Å². The zero-order chi connectivity index (χ0) is 14.0. The second kappa shape index (κ2) is 5.01. The van der Waals surface area contributed by atoms with E-state index in [1.165, 1.54) is 0 Å². The molecule has 102 valence electrons. The van der Waals surface area contributed by atoms with E-state index in [0.717, 1.165) is 5.56 Å². The van der Waals surface area contributed by atoms with Gasteiger partial charge < -0.3 is 16.4 Å². The van der Waals surface area contributed by atoms with E-state index in [0.29, 0.717) is 19.5 Å². The van der Waals surface area contributed by atoms with Gasteiger partial charge in [0.1, 0.15) is 5.54 Å². The normalized spacial score (nSPS) is 22.0. The fourth-order valence-electron chi connectivity index (χ4n) is 2.41. The number of benzene rings is 1. The fraction of sp³-hybridized carbons (Fsp3) is 0.429. The Hall–Kier alpha value is -1.88. The van der Waals surface area contributed by atoms with Crippen molar-refractivity contribution in [3.63, 3.8) is 0 Å². The number of hydrogen-bond acceptors (Lipinski definition) is 3. The average Bonchev–Trinajstić information content (AvgIpc) is 2.88. The van der Waals surface area contributed by atoms with Gasteiger partial charge in [0.05, 0.1) is 5.92 Å². The highest BCUT2D eigenvalue weighted by Gasteiger charge is 2.38. The van der Waals surface area contributed by atoms with Crippen molar-refractivity contribution in [2.24, 2.45) is 17.4 Å². The lowest BCUT2D eigenvalue weighted by atomic mass is 9.92. The lowest BCUT2D eigenvalue weighted by Gasteiger charge is -2.29. The summed E-state index contributed by atoms with van der Waals surface area (Å²) in [6, 6.07) is 9.25. The van der Waals surface area contributed by atoms with Crippen molar-refractivity contribution in [1.82, 2.24) is 4.90 Å². The molecule has 4 N–H and O–H groups in total. The topological polar surface area (TPSA) is 89.4 Å². The molecule has 1 aliphatic heterocycles. The summed E-state index contributed by atoms with van der Waals surface area (Å²) in [5, 5.41) is 0. The number of carbonyl (C=O) groups is 2. The van der Waals surface area contributed by atoms with Crippen LogP contribution in [-0.4, -0.2) is 29.8 Å². The van der Waals surface area contributed by atoms with Crippen LogP contribution in [0.3, 0.4) is 0 Å². The summed E-state index contributed by atoms with van der Waals surface area (Å²) in [5.41, 5.74) is 11.1. The van der Waals surface area contributed by atoms with Crippen LogP contribution in [0.5, 0.6) is 0 Å². The lowest BCUT2D eigenvalue weighted by Crippen LogP contribution is -2.50. The van der Waals surface area contributed by atoms with Gasteiger partial charge in [-0.1, -0.05) is 30.3 Å². The number of nitrogens with two attached hydrogens (primary N) is 2. The fourth-order valence-corrected chi connectivity index (χ4v) is 2.41. The van der Waals surface area contributed by atoms with Crippen molar-refractivity contribution in [2.45, 2.75) is 18.9 Å². The molecule has 5 heteroatoms. The smallest absolute Gasteiger partial charge is 0.246 e. The third kappa shape index (κ3) is 2.61. The maximum atomic E-state index is 12.5. The van der Waals surface area contributed by atoms with Crippen LogP contribution in [0.1, 0.15) is 18.9 Å². The SMILES string of the molecule is CC(N)(C(=O)N1CCC(C(N)=O)C1)c1ccccc1. The van der Waals surface area contributed by atoms with E-state index >= 15 is 0 Å². The summed E-state index contributed by atoms with van der Waals surface area (Å²) in [4.78, 5) is 25.3. The summed E-state index contributed by atoms with van der Waals surface area (Å²) in [6.45, 7) is 2.60. The van der Waals surface area contributed by atoms with E-state index in [1.54, 1.807) is 11.8 Å². The largest absolute Gasteiger partial charge is 0.369 e. The highest BCUT2D eigenvalue weighted by atomic mass is 16.2. The molecule has 5 nitrogen and oxygen atoms in total. The van der Waals surface area contributed by atoms with Gasteiger partial charge in [-0.05, 0) is 18.9 Å². The molecule has 1 fully saturated rings. The van der Waals surface area contributed by atoms with Crippen LogP contribution in [0.4, 0.5) is 0 Å². The van der Waals surface area contributed by atoms with Crippen LogP contribution < -0.4 is 11.5 Å². The molecule has 2 unspecified atom stereocenters. The molecule has 1 aromatic carbocycles. The first-order chi connectivity index (χ1) is 8.93. The second-order valence-corrected chi connectivity index (χ2v) is 5.21. The first-order valence-corrected chi connectivity index (χ1v) is 6.36. The summed E-state index contributed by atoms with van der Waals surface area (Å²) < 4.78 is 0. The Morgan fingerprint density at radius 1 is 1.32 bits per heavy atom. The molecule has 1 heterocycles. The Morgan fingerprint density at radius 2 is 1.95 bits per heavy atom. The highest BCUT2D eigenvalue weighted by molar-refractivity contribution is 5.88. The number of amides is 2. The quantitative estimate of drug-likeness (QED) is 0.814. The summed E-state index contributed by atoms with van der Waals surface area (Å²) in [5.74, 6) is -0.772. The molecule has 2 amide bonds. The van der Waals surface area contributed by atoms with E-state index in [4.69, 9.17) is 11.5 Å². The Labute approximate surface area is 112 Å². The molecule has 0 radical (unpaired) electrons. The number of rotatable bonds is 3. The molecule has 0 spiro atoms. The number of carbonyl (C=O) groups excluding carboxylic acids is 2. The maximum absolute atomic E-state index is 12.5. The standard InChI is InChI=1S/C14H19N3O2/c1-14(16,11-5-3-2-4-6-11)13(19)17-8-7-10(9-17)12(15)18/h2-6,10H,7-9,16H2,1H3,(H2,15,18). The molecular formula is C14H19N3O2. The first-order valence-electron chi connectivity index (χ1n) is 6.36. The number of hydrogen-bond donors (Lipinski definition) is 2. The van der Waals surface area contributed by atoms with Gasteiger partial charge in [0.25, 0.3) is 0 Å². The monoisotopic (exact) mass is 261 g/mol. The van der Waals surface area contributed by atoms with E-state index in [-0.39, 0.29) is 17.7 Å². The first kappa shape index (κ1) is 13.5. The zero-order valence-electron chi connectivity index (χ0n) is 11.0. The Balaban J connectivity index is 2.14.